The van der Waals surface area contributed by atoms with Gasteiger partial charge in [-0.1, -0.05) is 97.1 Å². The van der Waals surface area contributed by atoms with Gasteiger partial charge in [0.2, 0.25) is 0 Å². The van der Waals surface area contributed by atoms with E-state index in [9.17, 15) is 5.11 Å². The van der Waals surface area contributed by atoms with Gasteiger partial charge in [0, 0.05) is 32.5 Å². The smallest absolute Gasteiger partial charge is 0.122 e. The van der Waals surface area contributed by atoms with Crippen LogP contribution in [-0.2, 0) is 14.2 Å². The van der Waals surface area contributed by atoms with Crippen LogP contribution in [0.2, 0.25) is 0 Å². The van der Waals surface area contributed by atoms with Crippen LogP contribution in [0.3, 0.4) is 0 Å². The van der Waals surface area contributed by atoms with Crippen molar-refractivity contribution in [2.24, 2.45) is 0 Å². The SMILES string of the molecule is COC(c1ccccc1)c1ccc(O)c(C(OC)c2ccccc2)c1C(OC)c1ccccc1. The van der Waals surface area contributed by atoms with Crippen molar-refractivity contribution in [3.8, 4) is 5.75 Å². The molecule has 4 aromatic carbocycles. The van der Waals surface area contributed by atoms with Gasteiger partial charge in [0.25, 0.3) is 0 Å². The molecule has 4 rings (SSSR count). The lowest BCUT2D eigenvalue weighted by molar-refractivity contribution is 0.106. The van der Waals surface area contributed by atoms with E-state index in [1.165, 1.54) is 0 Å². The molecule has 0 heterocycles. The average Bonchev–Trinajstić information content (AvgIpc) is 2.90. The molecule has 4 heteroatoms. The second kappa shape index (κ2) is 11.1. The minimum Gasteiger partial charge on any atom is -0.508 e. The second-order valence-electron chi connectivity index (χ2n) is 8.08. The van der Waals surface area contributed by atoms with E-state index in [0.29, 0.717) is 5.56 Å². The summed E-state index contributed by atoms with van der Waals surface area (Å²) in [6.45, 7) is 0. The van der Waals surface area contributed by atoms with Crippen LogP contribution in [0.1, 0.15) is 51.7 Å². The molecule has 0 aromatic heterocycles. The van der Waals surface area contributed by atoms with E-state index in [1.54, 1.807) is 27.4 Å². The highest BCUT2D eigenvalue weighted by Crippen LogP contribution is 2.45. The highest BCUT2D eigenvalue weighted by molar-refractivity contribution is 5.54. The first-order valence-electron chi connectivity index (χ1n) is 11.3. The van der Waals surface area contributed by atoms with Gasteiger partial charge in [0.1, 0.15) is 24.1 Å². The summed E-state index contributed by atoms with van der Waals surface area (Å²) < 4.78 is 18.1. The third kappa shape index (κ3) is 4.75. The van der Waals surface area contributed by atoms with Gasteiger partial charge >= 0.3 is 0 Å². The molecule has 4 aromatic rings. The average molecular weight is 455 g/mol. The van der Waals surface area contributed by atoms with Gasteiger partial charge < -0.3 is 19.3 Å². The summed E-state index contributed by atoms with van der Waals surface area (Å²) in [4.78, 5) is 0. The van der Waals surface area contributed by atoms with Crippen molar-refractivity contribution in [2.45, 2.75) is 18.3 Å². The van der Waals surface area contributed by atoms with Crippen molar-refractivity contribution in [1.29, 1.82) is 0 Å². The van der Waals surface area contributed by atoms with Crippen molar-refractivity contribution in [3.05, 3.63) is 137 Å². The minimum absolute atomic E-state index is 0.148. The summed E-state index contributed by atoms with van der Waals surface area (Å²) in [5.74, 6) is 0.148. The summed E-state index contributed by atoms with van der Waals surface area (Å²) >= 11 is 0. The molecule has 3 atom stereocenters. The van der Waals surface area contributed by atoms with Crippen molar-refractivity contribution >= 4 is 0 Å². The van der Waals surface area contributed by atoms with Crippen molar-refractivity contribution in [1.82, 2.24) is 0 Å². The normalized spacial score (nSPS) is 13.9. The Labute approximate surface area is 201 Å². The molecule has 0 aliphatic carbocycles. The monoisotopic (exact) mass is 454 g/mol. The first-order chi connectivity index (χ1) is 16.7. The zero-order chi connectivity index (χ0) is 23.9. The minimum atomic E-state index is -0.495. The lowest BCUT2D eigenvalue weighted by Crippen LogP contribution is -2.18. The summed E-state index contributed by atoms with van der Waals surface area (Å²) in [7, 11) is 5.04. The fourth-order valence-corrected chi connectivity index (χ4v) is 4.61. The lowest BCUT2D eigenvalue weighted by atomic mass is 9.84. The first kappa shape index (κ1) is 23.7. The predicted molar refractivity (Wildman–Crippen MR) is 134 cm³/mol. The predicted octanol–water partition coefficient (Wildman–Crippen LogP) is 6.60. The highest BCUT2D eigenvalue weighted by Gasteiger charge is 2.32. The molecule has 0 bridgehead atoms. The molecule has 0 radical (unpaired) electrons. The fraction of sp³-hybridized carbons (Fsp3) is 0.200. The van der Waals surface area contributed by atoms with Gasteiger partial charge in [0.05, 0.1) is 0 Å². The van der Waals surface area contributed by atoms with Crippen molar-refractivity contribution in [3.63, 3.8) is 0 Å². The molecular weight excluding hydrogens is 424 g/mol. The first-order valence-corrected chi connectivity index (χ1v) is 11.3. The van der Waals surface area contributed by atoms with Crippen LogP contribution in [-0.4, -0.2) is 26.4 Å². The Hall–Kier alpha value is -3.44. The molecular formula is C30H30O4. The fourth-order valence-electron chi connectivity index (χ4n) is 4.61. The molecule has 0 saturated heterocycles. The number of hydrogen-bond donors (Lipinski definition) is 1. The van der Waals surface area contributed by atoms with Crippen LogP contribution in [0.5, 0.6) is 5.75 Å². The molecule has 1 N–H and O–H groups in total. The van der Waals surface area contributed by atoms with Gasteiger partial charge in [-0.25, -0.2) is 0 Å². The van der Waals surface area contributed by atoms with E-state index < -0.39 is 12.2 Å². The Bertz CT molecular complexity index is 1180. The van der Waals surface area contributed by atoms with Crippen LogP contribution >= 0.6 is 0 Å². The highest BCUT2D eigenvalue weighted by atomic mass is 16.5. The molecule has 34 heavy (non-hydrogen) atoms. The molecule has 4 nitrogen and oxygen atoms in total. The Morgan fingerprint density at radius 3 is 1.26 bits per heavy atom. The third-order valence-electron chi connectivity index (χ3n) is 6.12. The van der Waals surface area contributed by atoms with Gasteiger partial charge in [-0.15, -0.1) is 0 Å². The number of rotatable bonds is 9. The molecule has 0 saturated carbocycles. The maximum atomic E-state index is 11.2. The van der Waals surface area contributed by atoms with Gasteiger partial charge in [-0.05, 0) is 28.3 Å². The molecule has 3 unspecified atom stereocenters. The summed E-state index contributed by atoms with van der Waals surface area (Å²) in [6.07, 6.45) is -1.29. The summed E-state index contributed by atoms with van der Waals surface area (Å²) in [6, 6.07) is 33.6. The maximum Gasteiger partial charge on any atom is 0.122 e. The van der Waals surface area contributed by atoms with E-state index in [1.807, 2.05) is 97.1 Å². The number of phenols is 1. The number of ether oxygens (including phenoxy) is 3. The van der Waals surface area contributed by atoms with Gasteiger partial charge in [-0.3, -0.25) is 0 Å². The van der Waals surface area contributed by atoms with Crippen molar-refractivity contribution < 1.29 is 19.3 Å². The van der Waals surface area contributed by atoms with Crippen LogP contribution in [0.15, 0.2) is 103 Å². The van der Waals surface area contributed by atoms with Crippen LogP contribution in [0.25, 0.3) is 0 Å². The molecule has 0 fully saturated rings. The number of hydrogen-bond acceptors (Lipinski definition) is 4. The molecule has 174 valence electrons. The van der Waals surface area contributed by atoms with Crippen LogP contribution in [0, 0.1) is 0 Å². The molecule has 0 spiro atoms. The number of aromatic hydroxyl groups is 1. The van der Waals surface area contributed by atoms with Crippen LogP contribution in [0.4, 0.5) is 0 Å². The largest absolute Gasteiger partial charge is 0.508 e. The zero-order valence-corrected chi connectivity index (χ0v) is 19.7. The van der Waals surface area contributed by atoms with E-state index >= 15 is 0 Å². The maximum absolute atomic E-state index is 11.2. The zero-order valence-electron chi connectivity index (χ0n) is 19.7. The third-order valence-corrected chi connectivity index (χ3v) is 6.12. The van der Waals surface area contributed by atoms with Gasteiger partial charge in [0.15, 0.2) is 0 Å². The second-order valence-corrected chi connectivity index (χ2v) is 8.08. The van der Waals surface area contributed by atoms with Gasteiger partial charge in [-0.2, -0.15) is 0 Å². The molecule has 0 amide bonds. The quantitative estimate of drug-likeness (QED) is 0.310. The van der Waals surface area contributed by atoms with Crippen molar-refractivity contribution in [2.75, 3.05) is 21.3 Å². The Morgan fingerprint density at radius 2 is 0.853 bits per heavy atom. The number of methoxy groups -OCH3 is 3. The standard InChI is InChI=1S/C30H30O4/c1-32-28(21-13-7-4-8-14-21)24-19-20-25(31)27(30(34-3)23-17-11-6-12-18-23)26(24)29(33-2)22-15-9-5-10-16-22/h4-20,28-31H,1-3H3. The lowest BCUT2D eigenvalue weighted by Gasteiger charge is -2.30. The molecule has 0 aliphatic rings. The van der Waals surface area contributed by atoms with Crippen LogP contribution < -0.4 is 0 Å². The Morgan fingerprint density at radius 1 is 0.471 bits per heavy atom. The Balaban J connectivity index is 2.02. The Kier molecular flexibility index (Phi) is 7.76. The summed E-state index contributed by atoms with van der Waals surface area (Å²) in [5.41, 5.74) is 5.34. The van der Waals surface area contributed by atoms with E-state index in [4.69, 9.17) is 14.2 Å². The van der Waals surface area contributed by atoms with E-state index in [2.05, 4.69) is 0 Å². The topological polar surface area (TPSA) is 47.9 Å². The van der Waals surface area contributed by atoms with E-state index in [0.717, 1.165) is 27.8 Å². The number of phenolic OH excluding ortho intramolecular Hbond substituents is 1. The molecule has 0 aliphatic heterocycles. The van der Waals surface area contributed by atoms with E-state index in [-0.39, 0.29) is 11.9 Å². The summed E-state index contributed by atoms with van der Waals surface area (Å²) in [5, 5.41) is 11.2. The number of benzene rings is 4.